The Morgan fingerprint density at radius 3 is 2.61 bits per heavy atom. The largest absolute Gasteiger partial charge is 0.488 e. The third-order valence-corrected chi connectivity index (χ3v) is 8.30. The first-order valence-electron chi connectivity index (χ1n) is 12.1. The molecule has 0 spiro atoms. The Kier molecular flexibility index (Phi) is 11.5. The van der Waals surface area contributed by atoms with Gasteiger partial charge >= 0.3 is 0 Å². The minimum absolute atomic E-state index is 0.177. The van der Waals surface area contributed by atoms with Gasteiger partial charge in [-0.15, -0.1) is 0 Å². The van der Waals surface area contributed by atoms with E-state index in [2.05, 4.69) is 37.2 Å². The molecule has 0 saturated heterocycles. The molecule has 0 aromatic heterocycles. The fourth-order valence-corrected chi connectivity index (χ4v) is 6.17. The molecule has 1 aliphatic rings. The fraction of sp³-hybridized carbons (Fsp3) is 0.393. The van der Waals surface area contributed by atoms with Crippen molar-refractivity contribution in [2.75, 3.05) is 19.7 Å². The smallest absolute Gasteiger partial charge is 0.126 e. The Labute approximate surface area is 240 Å². The molecule has 0 heterocycles. The van der Waals surface area contributed by atoms with Crippen LogP contribution in [-0.4, -0.2) is 35.3 Å². The highest BCUT2D eigenvalue weighted by molar-refractivity contribution is 9.12. The van der Waals surface area contributed by atoms with E-state index in [0.29, 0.717) is 48.1 Å². The molecular formula is C28H32Br2Cl2N2O2. The van der Waals surface area contributed by atoms with Crippen molar-refractivity contribution >= 4 is 60.8 Å². The number of halogens is 4. The zero-order valence-electron chi connectivity index (χ0n) is 20.2. The van der Waals surface area contributed by atoms with Gasteiger partial charge in [-0.2, -0.15) is 0 Å². The topological polar surface area (TPSA) is 65.3 Å². The number of nitrogens with one attached hydrogen (secondary N) is 2. The van der Waals surface area contributed by atoms with Gasteiger partial charge in [0.15, 0.2) is 0 Å². The maximum absolute atomic E-state index is 11.1. The van der Waals surface area contributed by atoms with Crippen LogP contribution >= 0.6 is 55.1 Å². The maximum Gasteiger partial charge on any atom is 0.126 e. The van der Waals surface area contributed by atoms with Crippen LogP contribution in [0.3, 0.4) is 0 Å². The van der Waals surface area contributed by atoms with Crippen molar-refractivity contribution < 1.29 is 9.84 Å². The van der Waals surface area contributed by atoms with Crippen LogP contribution in [0.25, 0.3) is 0 Å². The van der Waals surface area contributed by atoms with Crippen LogP contribution in [0.15, 0.2) is 70.9 Å². The first-order chi connectivity index (χ1) is 17.2. The van der Waals surface area contributed by atoms with E-state index < -0.39 is 5.60 Å². The van der Waals surface area contributed by atoms with Gasteiger partial charge in [0.05, 0.1) is 21.4 Å². The zero-order valence-corrected chi connectivity index (χ0v) is 24.9. The summed E-state index contributed by atoms with van der Waals surface area (Å²) in [7, 11) is 0. The van der Waals surface area contributed by atoms with Crippen LogP contribution in [0, 0.1) is 5.41 Å². The number of rotatable bonds is 13. The average molecular weight is 659 g/mol. The number of benzene rings is 2. The molecule has 0 fully saturated rings. The van der Waals surface area contributed by atoms with Crippen molar-refractivity contribution in [3.05, 3.63) is 92.1 Å². The molecule has 194 valence electrons. The van der Waals surface area contributed by atoms with Crippen LogP contribution in [0.4, 0.5) is 0 Å². The van der Waals surface area contributed by atoms with E-state index in [1.54, 1.807) is 6.07 Å². The lowest BCUT2D eigenvalue weighted by Crippen LogP contribution is -2.31. The standard InChI is InChI=1S/C28H32Br2Cl2N2O2/c1-2-28(35,20-6-4-3-5-7-20)11-13-34-12-10-24(19-8-9-25(31)26(32)14-19)27(33)18-36-23-16-21(29)15-22(30)17-23/h3-9,14,16-17,21,24,33-35H,2,10-13,15,18H2,1H3. The Morgan fingerprint density at radius 2 is 1.94 bits per heavy atom. The highest BCUT2D eigenvalue weighted by Crippen LogP contribution is 2.31. The quantitative estimate of drug-likeness (QED) is 0.116. The first kappa shape index (κ1) is 29.4. The van der Waals surface area contributed by atoms with Gasteiger partial charge in [0.2, 0.25) is 0 Å². The third-order valence-electron chi connectivity index (χ3n) is 6.42. The van der Waals surface area contributed by atoms with Gasteiger partial charge < -0.3 is 20.6 Å². The number of hydrogen-bond acceptors (Lipinski definition) is 4. The Morgan fingerprint density at radius 1 is 1.19 bits per heavy atom. The summed E-state index contributed by atoms with van der Waals surface area (Å²) < 4.78 is 7.02. The monoisotopic (exact) mass is 656 g/mol. The Balaban J connectivity index is 1.61. The highest BCUT2D eigenvalue weighted by atomic mass is 79.9. The van der Waals surface area contributed by atoms with E-state index in [0.717, 1.165) is 27.8 Å². The average Bonchev–Trinajstić information content (AvgIpc) is 2.86. The summed E-state index contributed by atoms with van der Waals surface area (Å²) in [5, 5.41) is 24.3. The van der Waals surface area contributed by atoms with Gasteiger partial charge in [-0.3, -0.25) is 0 Å². The Hall–Kier alpha value is -1.15. The van der Waals surface area contributed by atoms with Crippen molar-refractivity contribution in [1.82, 2.24) is 5.32 Å². The van der Waals surface area contributed by atoms with Crippen LogP contribution in [0.1, 0.15) is 49.7 Å². The molecule has 0 radical (unpaired) electrons. The summed E-state index contributed by atoms with van der Waals surface area (Å²) in [5.74, 6) is 0.563. The molecule has 3 unspecified atom stereocenters. The van der Waals surface area contributed by atoms with E-state index in [1.807, 2.05) is 61.5 Å². The number of allylic oxidation sites excluding steroid dienone is 3. The predicted octanol–water partition coefficient (Wildman–Crippen LogP) is 8.11. The molecular weight excluding hydrogens is 627 g/mol. The SMILES string of the molecule is CCC(O)(CCNCCC(C(=N)COC1=CC(Br)CC(Br)=C1)c1ccc(Cl)c(Cl)c1)c1ccccc1. The van der Waals surface area contributed by atoms with Gasteiger partial charge in [-0.1, -0.05) is 98.4 Å². The van der Waals surface area contributed by atoms with Gasteiger partial charge in [0, 0.05) is 15.2 Å². The highest BCUT2D eigenvalue weighted by Gasteiger charge is 2.26. The molecule has 4 nitrogen and oxygen atoms in total. The normalized spacial score (nSPS) is 18.1. The summed E-state index contributed by atoms with van der Waals surface area (Å²) in [6.07, 6.45) is 6.77. The lowest BCUT2D eigenvalue weighted by Gasteiger charge is -2.28. The minimum Gasteiger partial charge on any atom is -0.488 e. The van der Waals surface area contributed by atoms with Gasteiger partial charge in [0.1, 0.15) is 12.4 Å². The number of hydrogen-bond donors (Lipinski definition) is 3. The minimum atomic E-state index is -0.860. The van der Waals surface area contributed by atoms with Gasteiger partial charge in [-0.25, -0.2) is 0 Å². The molecule has 0 bridgehead atoms. The number of aliphatic hydroxyl groups is 1. The molecule has 3 atom stereocenters. The van der Waals surface area contributed by atoms with E-state index in [1.165, 1.54) is 0 Å². The second-order valence-corrected chi connectivity index (χ2v) is 12.0. The molecule has 0 aliphatic heterocycles. The van der Waals surface area contributed by atoms with Gasteiger partial charge in [-0.05, 0) is 74.2 Å². The second kappa shape index (κ2) is 14.1. The Bertz CT molecular complexity index is 1090. The van der Waals surface area contributed by atoms with Crippen LogP contribution in [0.5, 0.6) is 0 Å². The summed E-state index contributed by atoms with van der Waals surface area (Å²) in [5.41, 5.74) is 1.47. The third kappa shape index (κ3) is 8.44. The van der Waals surface area contributed by atoms with Crippen molar-refractivity contribution in [2.24, 2.45) is 0 Å². The van der Waals surface area contributed by atoms with Crippen LogP contribution in [-0.2, 0) is 10.3 Å². The lowest BCUT2D eigenvalue weighted by molar-refractivity contribution is 0.0237. The van der Waals surface area contributed by atoms with Gasteiger partial charge in [0.25, 0.3) is 0 Å². The summed E-state index contributed by atoms with van der Waals surface area (Å²) >= 11 is 19.6. The van der Waals surface area contributed by atoms with Crippen molar-refractivity contribution in [1.29, 1.82) is 5.41 Å². The molecule has 36 heavy (non-hydrogen) atoms. The van der Waals surface area contributed by atoms with Crippen LogP contribution in [0.2, 0.25) is 10.0 Å². The van der Waals surface area contributed by atoms with E-state index in [9.17, 15) is 5.11 Å². The fourth-order valence-electron chi connectivity index (χ4n) is 4.25. The maximum atomic E-state index is 11.1. The van der Waals surface area contributed by atoms with E-state index in [-0.39, 0.29) is 17.4 Å². The molecule has 1 aliphatic carbocycles. The molecule has 0 saturated carbocycles. The molecule has 3 N–H and O–H groups in total. The van der Waals surface area contributed by atoms with Crippen molar-refractivity contribution in [3.8, 4) is 0 Å². The van der Waals surface area contributed by atoms with Crippen molar-refractivity contribution in [3.63, 3.8) is 0 Å². The van der Waals surface area contributed by atoms with E-state index >= 15 is 0 Å². The summed E-state index contributed by atoms with van der Waals surface area (Å²) in [6, 6.07) is 15.3. The van der Waals surface area contributed by atoms with E-state index in [4.69, 9.17) is 33.3 Å². The molecule has 2 aromatic rings. The second-order valence-electron chi connectivity index (χ2n) is 8.96. The molecule has 2 aromatic carbocycles. The number of alkyl halides is 1. The molecule has 0 amide bonds. The lowest BCUT2D eigenvalue weighted by atomic mass is 9.88. The molecule has 3 rings (SSSR count). The predicted molar refractivity (Wildman–Crippen MR) is 158 cm³/mol. The number of ether oxygens (including phenoxy) is 1. The first-order valence-corrected chi connectivity index (χ1v) is 14.5. The molecule has 8 heteroatoms. The summed E-state index contributed by atoms with van der Waals surface area (Å²) in [6.45, 7) is 3.52. The van der Waals surface area contributed by atoms with Crippen LogP contribution < -0.4 is 5.32 Å². The zero-order chi connectivity index (χ0) is 26.1. The van der Waals surface area contributed by atoms with Crippen molar-refractivity contribution in [2.45, 2.75) is 49.0 Å². The summed E-state index contributed by atoms with van der Waals surface area (Å²) in [4.78, 5) is 0.203.